The fourth-order valence-corrected chi connectivity index (χ4v) is 2.92. The molecule has 0 atom stereocenters. The molecule has 4 nitrogen and oxygen atoms in total. The van der Waals surface area contributed by atoms with Crippen LogP contribution in [-0.2, 0) is 0 Å². The monoisotopic (exact) mass is 502 g/mol. The summed E-state index contributed by atoms with van der Waals surface area (Å²) in [5.74, 6) is 0. The Morgan fingerprint density at radius 2 is 1.07 bits per heavy atom. The average Bonchev–Trinajstić information content (AvgIpc) is 2.70. The highest BCUT2D eigenvalue weighted by atomic mass is 79.9. The predicted octanol–water partition coefficient (Wildman–Crippen LogP) is 5.69. The summed E-state index contributed by atoms with van der Waals surface area (Å²) < 4.78 is 1.85. The molecule has 0 unspecified atom stereocenters. The molecule has 2 aromatic rings. The molecule has 0 N–H and O–H groups in total. The van der Waals surface area contributed by atoms with Gasteiger partial charge in [-0.05, 0) is 55.1 Å². The van der Waals surface area contributed by atoms with Crippen molar-refractivity contribution in [1.82, 2.24) is 10.0 Å². The van der Waals surface area contributed by atoms with Crippen molar-refractivity contribution in [2.24, 2.45) is 10.2 Å². The smallest absolute Gasteiger partial charge is 0.0612 e. The van der Waals surface area contributed by atoms with E-state index in [1.807, 2.05) is 72.7 Å². The van der Waals surface area contributed by atoms with E-state index in [1.54, 1.807) is 12.4 Å². The minimum Gasteiger partial charge on any atom is -0.298 e. The van der Waals surface area contributed by atoms with Gasteiger partial charge < -0.3 is 0 Å². The third kappa shape index (κ3) is 9.15. The molecule has 0 aromatic heterocycles. The summed E-state index contributed by atoms with van der Waals surface area (Å²) in [5, 5.41) is 12.7. The second-order valence-electron chi connectivity index (χ2n) is 6.13. The van der Waals surface area contributed by atoms with E-state index in [0.29, 0.717) is 0 Å². The summed E-state index contributed by atoms with van der Waals surface area (Å²) in [6, 6.07) is 20.3. The van der Waals surface area contributed by atoms with E-state index in [9.17, 15) is 0 Å². The van der Waals surface area contributed by atoms with Gasteiger partial charge in [0.25, 0.3) is 0 Å². The minimum atomic E-state index is 0.760. The molecule has 0 saturated heterocycles. The van der Waals surface area contributed by atoms with Crippen LogP contribution in [0.3, 0.4) is 0 Å². The highest BCUT2D eigenvalue weighted by Gasteiger charge is 1.98. The maximum atomic E-state index is 4.44. The number of allylic oxidation sites excluding steroid dienone is 2. The van der Waals surface area contributed by atoms with Crippen molar-refractivity contribution in [2.75, 3.05) is 27.2 Å². The zero-order chi connectivity index (χ0) is 20.2. The number of halogens is 2. The van der Waals surface area contributed by atoms with Crippen LogP contribution >= 0.6 is 31.9 Å². The Bertz CT molecular complexity index is 759. The number of nitrogens with zero attached hydrogens (tertiary/aromatic N) is 4. The third-order valence-corrected chi connectivity index (χ3v) is 4.58. The first kappa shape index (κ1) is 22.1. The van der Waals surface area contributed by atoms with Crippen molar-refractivity contribution in [2.45, 2.75) is 0 Å². The van der Waals surface area contributed by atoms with Gasteiger partial charge >= 0.3 is 0 Å². The zero-order valence-electron chi connectivity index (χ0n) is 16.0. The molecular formula is C22H24Br2N4. The van der Waals surface area contributed by atoms with Crippen LogP contribution in [-0.4, -0.2) is 49.6 Å². The first-order valence-corrected chi connectivity index (χ1v) is 10.5. The maximum Gasteiger partial charge on any atom is 0.0612 e. The standard InChI is InChI=1S/C22H24Br2N4/c1-27(25-17-21(23)15-19-9-5-3-6-10-19)13-14-28(2)26-18-22(24)16-20-11-7-4-8-12-20/h3-12,15-18H,13-14H2,1-2H3/b21-15?,22-16?,25-17+,26-18+. The third-order valence-electron chi connectivity index (χ3n) is 3.71. The van der Waals surface area contributed by atoms with Gasteiger partial charge in [-0.2, -0.15) is 10.2 Å². The van der Waals surface area contributed by atoms with E-state index >= 15 is 0 Å². The Kier molecular flexibility index (Phi) is 9.72. The molecule has 2 rings (SSSR count). The Labute approximate surface area is 184 Å². The molecular weight excluding hydrogens is 480 g/mol. The number of likely N-dealkylation sites (N-methyl/N-ethyl adjacent to an activating group) is 2. The van der Waals surface area contributed by atoms with E-state index in [0.717, 1.165) is 33.2 Å². The lowest BCUT2D eigenvalue weighted by molar-refractivity contribution is 0.272. The van der Waals surface area contributed by atoms with Crippen LogP contribution in [0.2, 0.25) is 0 Å². The van der Waals surface area contributed by atoms with E-state index in [1.165, 1.54) is 0 Å². The van der Waals surface area contributed by atoms with Crippen molar-refractivity contribution >= 4 is 56.4 Å². The highest BCUT2D eigenvalue weighted by Crippen LogP contribution is 2.11. The van der Waals surface area contributed by atoms with Crippen LogP contribution in [0.25, 0.3) is 12.2 Å². The Hall–Kier alpha value is -2.18. The normalized spacial score (nSPS) is 12.7. The molecule has 146 valence electrons. The Morgan fingerprint density at radius 1 is 0.714 bits per heavy atom. The van der Waals surface area contributed by atoms with Crippen molar-refractivity contribution in [3.8, 4) is 0 Å². The lowest BCUT2D eigenvalue weighted by Gasteiger charge is -2.17. The first-order chi connectivity index (χ1) is 13.5. The van der Waals surface area contributed by atoms with Gasteiger partial charge in [0, 0.05) is 23.1 Å². The van der Waals surface area contributed by atoms with Crippen molar-refractivity contribution < 1.29 is 0 Å². The fourth-order valence-electron chi connectivity index (χ4n) is 2.20. The second-order valence-corrected chi connectivity index (χ2v) is 7.96. The van der Waals surface area contributed by atoms with Gasteiger partial charge in [-0.25, -0.2) is 0 Å². The summed E-state index contributed by atoms with van der Waals surface area (Å²) in [4.78, 5) is 0. The molecule has 28 heavy (non-hydrogen) atoms. The molecule has 0 saturated carbocycles. The molecule has 0 heterocycles. The molecule has 0 fully saturated rings. The lowest BCUT2D eigenvalue weighted by atomic mass is 10.2. The van der Waals surface area contributed by atoms with Gasteiger partial charge in [0.1, 0.15) is 0 Å². The first-order valence-electron chi connectivity index (χ1n) is 8.87. The number of hydrogen-bond acceptors (Lipinski definition) is 4. The van der Waals surface area contributed by atoms with E-state index in [4.69, 9.17) is 0 Å². The summed E-state index contributed by atoms with van der Waals surface area (Å²) in [5.41, 5.74) is 2.26. The molecule has 0 aliphatic rings. The Morgan fingerprint density at radius 3 is 1.43 bits per heavy atom. The van der Waals surface area contributed by atoms with Gasteiger partial charge in [0.15, 0.2) is 0 Å². The molecule has 0 aliphatic carbocycles. The zero-order valence-corrected chi connectivity index (χ0v) is 19.2. The number of hydrazone groups is 2. The molecule has 0 aliphatic heterocycles. The topological polar surface area (TPSA) is 31.2 Å². The summed E-state index contributed by atoms with van der Waals surface area (Å²) in [6.45, 7) is 1.52. The summed E-state index contributed by atoms with van der Waals surface area (Å²) >= 11 is 7.06. The van der Waals surface area contributed by atoms with Crippen LogP contribution < -0.4 is 0 Å². The molecule has 0 spiro atoms. The lowest BCUT2D eigenvalue weighted by Crippen LogP contribution is -2.25. The van der Waals surface area contributed by atoms with Crippen LogP contribution in [0.15, 0.2) is 79.8 Å². The van der Waals surface area contributed by atoms with Crippen molar-refractivity contribution in [3.63, 3.8) is 0 Å². The quantitative estimate of drug-likeness (QED) is 0.325. The van der Waals surface area contributed by atoms with Gasteiger partial charge in [-0.15, -0.1) is 0 Å². The average molecular weight is 504 g/mol. The van der Waals surface area contributed by atoms with E-state index in [-0.39, 0.29) is 0 Å². The second kappa shape index (κ2) is 12.3. The van der Waals surface area contributed by atoms with Crippen LogP contribution in [0.1, 0.15) is 11.1 Å². The van der Waals surface area contributed by atoms with Gasteiger partial charge in [-0.3, -0.25) is 10.0 Å². The van der Waals surface area contributed by atoms with Gasteiger partial charge in [0.2, 0.25) is 0 Å². The Balaban J connectivity index is 1.77. The fraction of sp³-hybridized carbons (Fsp3) is 0.182. The van der Waals surface area contributed by atoms with E-state index < -0.39 is 0 Å². The van der Waals surface area contributed by atoms with Crippen LogP contribution in [0.5, 0.6) is 0 Å². The van der Waals surface area contributed by atoms with Crippen LogP contribution in [0, 0.1) is 0 Å². The molecule has 0 radical (unpaired) electrons. The van der Waals surface area contributed by atoms with Gasteiger partial charge in [-0.1, -0.05) is 60.7 Å². The number of benzene rings is 2. The summed E-state index contributed by atoms with van der Waals surface area (Å²) in [6.07, 6.45) is 7.67. The predicted molar refractivity (Wildman–Crippen MR) is 129 cm³/mol. The SMILES string of the molecule is CN(CCN(C)/N=C/C(Br)=Cc1ccccc1)/N=C/C(Br)=Cc1ccccc1. The van der Waals surface area contributed by atoms with Crippen molar-refractivity contribution in [3.05, 3.63) is 80.8 Å². The molecule has 6 heteroatoms. The highest BCUT2D eigenvalue weighted by molar-refractivity contribution is 9.12. The molecule has 2 aromatic carbocycles. The van der Waals surface area contributed by atoms with Crippen LogP contribution in [0.4, 0.5) is 0 Å². The minimum absolute atomic E-state index is 0.760. The van der Waals surface area contributed by atoms with Crippen molar-refractivity contribution in [1.29, 1.82) is 0 Å². The number of rotatable bonds is 9. The summed E-state index contributed by atoms with van der Waals surface area (Å²) in [7, 11) is 3.89. The maximum absolute atomic E-state index is 4.44. The number of hydrogen-bond donors (Lipinski definition) is 0. The molecule has 0 bridgehead atoms. The van der Waals surface area contributed by atoms with Gasteiger partial charge in [0.05, 0.1) is 25.5 Å². The van der Waals surface area contributed by atoms with E-state index in [2.05, 4.69) is 66.3 Å². The largest absolute Gasteiger partial charge is 0.298 e. The molecule has 0 amide bonds.